The number of carbonyl (C=O) groups excluding carboxylic acids is 1. The summed E-state index contributed by atoms with van der Waals surface area (Å²) in [6, 6.07) is 8.01. The molecular weight excluding hydrogens is 226 g/mol. The molecule has 1 aliphatic rings. The highest BCUT2D eigenvalue weighted by molar-refractivity contribution is 5.77. The minimum atomic E-state index is 0.0226. The lowest BCUT2D eigenvalue weighted by molar-refractivity contribution is -0.123. The van der Waals surface area contributed by atoms with Crippen LogP contribution in [-0.4, -0.2) is 12.5 Å². The molecular formula is C15H21NO2. The molecule has 0 unspecified atom stereocenters. The van der Waals surface area contributed by atoms with Crippen LogP contribution in [0.15, 0.2) is 24.3 Å². The molecule has 1 aromatic carbocycles. The second-order valence-electron chi connectivity index (χ2n) is 6.03. The predicted octanol–water partition coefficient (Wildman–Crippen LogP) is 3.06. The first-order chi connectivity index (χ1) is 8.46. The van der Waals surface area contributed by atoms with Crippen LogP contribution in [0, 0.1) is 5.41 Å². The van der Waals surface area contributed by atoms with E-state index in [1.54, 1.807) is 0 Å². The normalized spacial score (nSPS) is 18.7. The van der Waals surface area contributed by atoms with Gasteiger partial charge >= 0.3 is 0 Å². The van der Waals surface area contributed by atoms with Crippen molar-refractivity contribution in [1.82, 2.24) is 5.32 Å². The maximum atomic E-state index is 12.0. The predicted molar refractivity (Wildman–Crippen MR) is 71.5 cm³/mol. The molecule has 18 heavy (non-hydrogen) atoms. The molecule has 0 aromatic heterocycles. The van der Waals surface area contributed by atoms with E-state index in [9.17, 15) is 4.79 Å². The Labute approximate surface area is 109 Å². The number of ether oxygens (including phenoxy) is 1. The van der Waals surface area contributed by atoms with Crippen LogP contribution >= 0.6 is 0 Å². The fourth-order valence-electron chi connectivity index (χ4n) is 2.22. The number of benzene rings is 1. The van der Waals surface area contributed by atoms with Gasteiger partial charge in [0.15, 0.2) is 0 Å². The maximum absolute atomic E-state index is 12.0. The molecule has 98 valence electrons. The van der Waals surface area contributed by atoms with Crippen molar-refractivity contribution >= 4 is 5.91 Å². The van der Waals surface area contributed by atoms with Crippen molar-refractivity contribution in [2.75, 3.05) is 6.61 Å². The monoisotopic (exact) mass is 247 g/mol. The maximum Gasteiger partial charge on any atom is 0.221 e. The van der Waals surface area contributed by atoms with Crippen LogP contribution in [0.4, 0.5) is 0 Å². The van der Waals surface area contributed by atoms with Gasteiger partial charge in [0.1, 0.15) is 5.75 Å². The Hall–Kier alpha value is -1.51. The fraction of sp³-hybridized carbons (Fsp3) is 0.533. The smallest absolute Gasteiger partial charge is 0.221 e. The number of carbonyl (C=O) groups is 1. The molecule has 2 rings (SSSR count). The molecule has 1 atom stereocenters. The van der Waals surface area contributed by atoms with Gasteiger partial charge in [-0.3, -0.25) is 4.79 Å². The first-order valence-corrected chi connectivity index (χ1v) is 6.47. The van der Waals surface area contributed by atoms with Gasteiger partial charge in [0.2, 0.25) is 5.91 Å². The van der Waals surface area contributed by atoms with Gasteiger partial charge in [-0.05, 0) is 11.5 Å². The quantitative estimate of drug-likeness (QED) is 0.872. The van der Waals surface area contributed by atoms with Crippen molar-refractivity contribution in [2.45, 2.75) is 39.7 Å². The lowest BCUT2D eigenvalue weighted by Gasteiger charge is -2.28. The zero-order valence-corrected chi connectivity index (χ0v) is 11.3. The van der Waals surface area contributed by atoms with Crippen LogP contribution in [0.1, 0.15) is 45.2 Å². The summed E-state index contributed by atoms with van der Waals surface area (Å²) in [7, 11) is 0. The molecule has 3 nitrogen and oxygen atoms in total. The van der Waals surface area contributed by atoms with Crippen LogP contribution in [-0.2, 0) is 4.79 Å². The third kappa shape index (κ3) is 3.25. The molecule has 1 aromatic rings. The lowest BCUT2D eigenvalue weighted by atomic mass is 9.91. The Morgan fingerprint density at radius 1 is 1.39 bits per heavy atom. The number of rotatable bonds is 2. The zero-order chi connectivity index (χ0) is 13.2. The third-order valence-electron chi connectivity index (χ3n) is 2.98. The fourth-order valence-corrected chi connectivity index (χ4v) is 2.22. The molecule has 1 N–H and O–H groups in total. The first kappa shape index (κ1) is 12.9. The summed E-state index contributed by atoms with van der Waals surface area (Å²) in [4.78, 5) is 12.0. The molecule has 0 fully saturated rings. The summed E-state index contributed by atoms with van der Waals surface area (Å²) >= 11 is 0. The average molecular weight is 247 g/mol. The highest BCUT2D eigenvalue weighted by Gasteiger charge is 2.24. The number of hydrogen-bond acceptors (Lipinski definition) is 2. The van der Waals surface area contributed by atoms with Gasteiger partial charge in [0.05, 0.1) is 12.6 Å². The van der Waals surface area contributed by atoms with Crippen molar-refractivity contribution in [3.05, 3.63) is 29.8 Å². The highest BCUT2D eigenvalue weighted by atomic mass is 16.5. The number of amides is 1. The van der Waals surface area contributed by atoms with Crippen molar-refractivity contribution < 1.29 is 9.53 Å². The van der Waals surface area contributed by atoms with Crippen LogP contribution in [0.2, 0.25) is 0 Å². The standard InChI is InChI=1S/C15H21NO2/c1-15(2,3)10-14(17)16-12-8-9-18-13-7-5-4-6-11(12)13/h4-7,12H,8-10H2,1-3H3,(H,16,17)/t12-/m1/s1. The van der Waals surface area contributed by atoms with Crippen LogP contribution in [0.25, 0.3) is 0 Å². The summed E-state index contributed by atoms with van der Waals surface area (Å²) in [6.45, 7) is 6.89. The second kappa shape index (κ2) is 5.01. The minimum Gasteiger partial charge on any atom is -0.493 e. The van der Waals surface area contributed by atoms with Crippen LogP contribution in [0.5, 0.6) is 5.75 Å². The van der Waals surface area contributed by atoms with E-state index in [1.807, 2.05) is 24.3 Å². The molecule has 1 heterocycles. The molecule has 0 bridgehead atoms. The van der Waals surface area contributed by atoms with Gasteiger partial charge in [-0.2, -0.15) is 0 Å². The Morgan fingerprint density at radius 2 is 2.11 bits per heavy atom. The molecule has 0 aliphatic carbocycles. The largest absolute Gasteiger partial charge is 0.493 e. The second-order valence-corrected chi connectivity index (χ2v) is 6.03. The Balaban J connectivity index is 2.05. The van der Waals surface area contributed by atoms with E-state index in [4.69, 9.17) is 4.74 Å². The van der Waals surface area contributed by atoms with E-state index in [2.05, 4.69) is 26.1 Å². The summed E-state index contributed by atoms with van der Waals surface area (Å²) < 4.78 is 5.58. The van der Waals surface area contributed by atoms with E-state index >= 15 is 0 Å². The van der Waals surface area contributed by atoms with E-state index in [0.717, 1.165) is 17.7 Å². The number of fused-ring (bicyclic) bond motifs is 1. The van der Waals surface area contributed by atoms with Gasteiger partial charge in [-0.1, -0.05) is 39.0 Å². The van der Waals surface area contributed by atoms with Gasteiger partial charge in [-0.15, -0.1) is 0 Å². The minimum absolute atomic E-state index is 0.0226. The van der Waals surface area contributed by atoms with Crippen LogP contribution < -0.4 is 10.1 Å². The third-order valence-corrected chi connectivity index (χ3v) is 2.98. The number of hydrogen-bond donors (Lipinski definition) is 1. The van der Waals surface area contributed by atoms with Crippen LogP contribution in [0.3, 0.4) is 0 Å². The summed E-state index contributed by atoms with van der Waals surface area (Å²) in [5, 5.41) is 3.11. The Bertz CT molecular complexity index is 434. The zero-order valence-electron chi connectivity index (χ0n) is 11.3. The molecule has 0 saturated carbocycles. The lowest BCUT2D eigenvalue weighted by Crippen LogP contribution is -2.34. The molecule has 1 amide bonds. The van der Waals surface area contributed by atoms with Gasteiger partial charge < -0.3 is 10.1 Å². The van der Waals surface area contributed by atoms with Crippen molar-refractivity contribution in [3.8, 4) is 5.75 Å². The molecule has 0 saturated heterocycles. The summed E-state index contributed by atoms with van der Waals surface area (Å²) in [5.41, 5.74) is 1.11. The summed E-state index contributed by atoms with van der Waals surface area (Å²) in [5.74, 6) is 1.01. The van der Waals surface area contributed by atoms with Crippen molar-refractivity contribution in [2.24, 2.45) is 5.41 Å². The topological polar surface area (TPSA) is 38.3 Å². The first-order valence-electron chi connectivity index (χ1n) is 6.47. The van der Waals surface area contributed by atoms with Gasteiger partial charge in [0, 0.05) is 18.4 Å². The van der Waals surface area contributed by atoms with Crippen molar-refractivity contribution in [3.63, 3.8) is 0 Å². The Kier molecular flexibility index (Phi) is 3.60. The molecule has 0 spiro atoms. The summed E-state index contributed by atoms with van der Waals surface area (Å²) in [6.07, 6.45) is 1.39. The van der Waals surface area contributed by atoms with E-state index in [1.165, 1.54) is 0 Å². The SMILES string of the molecule is CC(C)(C)CC(=O)N[C@@H]1CCOc2ccccc21. The molecule has 0 radical (unpaired) electrons. The van der Waals surface area contributed by atoms with Gasteiger partial charge in [0.25, 0.3) is 0 Å². The highest BCUT2D eigenvalue weighted by Crippen LogP contribution is 2.31. The van der Waals surface area contributed by atoms with Gasteiger partial charge in [-0.25, -0.2) is 0 Å². The van der Waals surface area contributed by atoms with E-state index in [0.29, 0.717) is 13.0 Å². The Morgan fingerprint density at radius 3 is 2.83 bits per heavy atom. The number of para-hydroxylation sites is 1. The molecule has 1 aliphatic heterocycles. The van der Waals surface area contributed by atoms with E-state index in [-0.39, 0.29) is 17.4 Å². The van der Waals surface area contributed by atoms with Crippen molar-refractivity contribution in [1.29, 1.82) is 0 Å². The molecule has 3 heteroatoms. The van der Waals surface area contributed by atoms with E-state index < -0.39 is 0 Å². The average Bonchev–Trinajstić information content (AvgIpc) is 2.27. The number of nitrogens with one attached hydrogen (secondary N) is 1.